The number of esters is 1. The Hall–Kier alpha value is -2.69. The van der Waals surface area contributed by atoms with Crippen molar-refractivity contribution >= 4 is 17.6 Å². The van der Waals surface area contributed by atoms with E-state index in [0.717, 1.165) is 17.2 Å². The molecule has 0 fully saturated rings. The van der Waals surface area contributed by atoms with Crippen LogP contribution in [0, 0.1) is 26.6 Å². The summed E-state index contributed by atoms with van der Waals surface area (Å²) >= 11 is 0. The van der Waals surface area contributed by atoms with E-state index in [1.54, 1.807) is 6.92 Å². The van der Waals surface area contributed by atoms with Crippen molar-refractivity contribution in [1.82, 2.24) is 0 Å². The van der Waals surface area contributed by atoms with Crippen molar-refractivity contribution in [2.75, 3.05) is 5.32 Å². The van der Waals surface area contributed by atoms with Gasteiger partial charge >= 0.3 is 5.97 Å². The molecule has 0 heterocycles. The lowest BCUT2D eigenvalue weighted by Crippen LogP contribution is -2.30. The van der Waals surface area contributed by atoms with E-state index in [-0.39, 0.29) is 5.56 Å². The number of ether oxygens (including phenoxy) is 1. The van der Waals surface area contributed by atoms with E-state index in [4.69, 9.17) is 4.74 Å². The predicted molar refractivity (Wildman–Crippen MR) is 90.6 cm³/mol. The Balaban J connectivity index is 2.05. The van der Waals surface area contributed by atoms with Crippen molar-refractivity contribution in [2.24, 2.45) is 0 Å². The van der Waals surface area contributed by atoms with Crippen molar-refractivity contribution in [1.29, 1.82) is 0 Å². The van der Waals surface area contributed by atoms with Gasteiger partial charge in [-0.15, -0.1) is 0 Å². The Labute approximate surface area is 140 Å². The van der Waals surface area contributed by atoms with Gasteiger partial charge in [0.15, 0.2) is 6.10 Å². The topological polar surface area (TPSA) is 55.4 Å². The molecule has 0 aromatic heterocycles. The van der Waals surface area contributed by atoms with E-state index in [0.29, 0.717) is 11.3 Å². The SMILES string of the molecule is Cc1ccc(C(=O)O[C@@H](C)C(=O)Nc2c(C)cccc2C)cc1F. The smallest absolute Gasteiger partial charge is 0.339 e. The van der Waals surface area contributed by atoms with E-state index in [1.807, 2.05) is 32.0 Å². The minimum Gasteiger partial charge on any atom is -0.449 e. The van der Waals surface area contributed by atoms with Crippen LogP contribution in [0.1, 0.15) is 34.0 Å². The van der Waals surface area contributed by atoms with Gasteiger partial charge in [-0.05, 0) is 56.5 Å². The van der Waals surface area contributed by atoms with Gasteiger partial charge in [0.1, 0.15) is 5.82 Å². The number of nitrogens with one attached hydrogen (secondary N) is 1. The maximum Gasteiger partial charge on any atom is 0.339 e. The van der Waals surface area contributed by atoms with E-state index in [2.05, 4.69) is 5.32 Å². The summed E-state index contributed by atoms with van der Waals surface area (Å²) in [6.07, 6.45) is -0.999. The maximum atomic E-state index is 13.5. The molecule has 126 valence electrons. The van der Waals surface area contributed by atoms with Crippen molar-refractivity contribution in [3.8, 4) is 0 Å². The fourth-order valence-electron chi connectivity index (χ4n) is 2.24. The second-order valence-electron chi connectivity index (χ2n) is 5.77. The molecule has 0 spiro atoms. The number of rotatable bonds is 4. The highest BCUT2D eigenvalue weighted by molar-refractivity contribution is 5.98. The van der Waals surface area contributed by atoms with Gasteiger partial charge in [-0.3, -0.25) is 4.79 Å². The van der Waals surface area contributed by atoms with Crippen LogP contribution in [0.5, 0.6) is 0 Å². The highest BCUT2D eigenvalue weighted by Gasteiger charge is 2.20. The number of halogens is 1. The van der Waals surface area contributed by atoms with Crippen LogP contribution >= 0.6 is 0 Å². The van der Waals surface area contributed by atoms with E-state index >= 15 is 0 Å². The molecule has 0 aliphatic heterocycles. The molecule has 0 unspecified atom stereocenters. The molecule has 2 aromatic rings. The molecule has 5 heteroatoms. The third-order valence-corrected chi connectivity index (χ3v) is 3.79. The predicted octanol–water partition coefficient (Wildman–Crippen LogP) is 3.93. The van der Waals surface area contributed by atoms with Gasteiger partial charge < -0.3 is 10.1 Å². The number of hydrogen-bond donors (Lipinski definition) is 1. The summed E-state index contributed by atoms with van der Waals surface area (Å²) in [6, 6.07) is 9.73. The Kier molecular flexibility index (Phi) is 5.34. The van der Waals surface area contributed by atoms with E-state index in [1.165, 1.54) is 19.1 Å². The van der Waals surface area contributed by atoms with Gasteiger partial charge in [0.05, 0.1) is 5.56 Å². The largest absolute Gasteiger partial charge is 0.449 e. The molecule has 0 saturated carbocycles. The Morgan fingerprint density at radius 1 is 1.04 bits per heavy atom. The summed E-state index contributed by atoms with van der Waals surface area (Å²) in [6.45, 7) is 6.85. The molecule has 0 aliphatic rings. The lowest BCUT2D eigenvalue weighted by molar-refractivity contribution is -0.123. The summed E-state index contributed by atoms with van der Waals surface area (Å²) in [5, 5.41) is 2.77. The summed E-state index contributed by atoms with van der Waals surface area (Å²) in [5.74, 6) is -1.66. The summed E-state index contributed by atoms with van der Waals surface area (Å²) in [5.41, 5.74) is 3.05. The average Bonchev–Trinajstić information content (AvgIpc) is 2.53. The van der Waals surface area contributed by atoms with Crippen molar-refractivity contribution in [3.63, 3.8) is 0 Å². The van der Waals surface area contributed by atoms with Crippen molar-refractivity contribution in [2.45, 2.75) is 33.8 Å². The zero-order valence-electron chi connectivity index (χ0n) is 14.1. The molecule has 1 atom stereocenters. The van der Waals surface area contributed by atoms with Gasteiger partial charge in [-0.1, -0.05) is 24.3 Å². The Morgan fingerprint density at radius 2 is 1.67 bits per heavy atom. The van der Waals surface area contributed by atoms with Gasteiger partial charge in [0.25, 0.3) is 5.91 Å². The van der Waals surface area contributed by atoms with Crippen molar-refractivity contribution in [3.05, 3.63) is 64.5 Å². The third kappa shape index (κ3) is 3.98. The lowest BCUT2D eigenvalue weighted by atomic mass is 10.1. The first-order chi connectivity index (χ1) is 11.3. The number of aryl methyl sites for hydroxylation is 3. The first kappa shape index (κ1) is 17.7. The summed E-state index contributed by atoms with van der Waals surface area (Å²) in [7, 11) is 0. The second kappa shape index (κ2) is 7.25. The molecule has 2 aromatic carbocycles. The first-order valence-corrected chi connectivity index (χ1v) is 7.64. The minimum atomic E-state index is -0.999. The molecule has 2 rings (SSSR count). The molecular formula is C19H20FNO3. The number of hydrogen-bond acceptors (Lipinski definition) is 3. The maximum absolute atomic E-state index is 13.5. The van der Waals surface area contributed by atoms with Crippen molar-refractivity contribution < 1.29 is 18.7 Å². The zero-order chi connectivity index (χ0) is 17.9. The molecule has 1 N–H and O–H groups in total. The third-order valence-electron chi connectivity index (χ3n) is 3.79. The number of amides is 1. The van der Waals surface area contributed by atoms with Gasteiger partial charge in [-0.25, -0.2) is 9.18 Å². The summed E-state index contributed by atoms with van der Waals surface area (Å²) < 4.78 is 18.7. The molecular weight excluding hydrogens is 309 g/mol. The average molecular weight is 329 g/mol. The van der Waals surface area contributed by atoms with Crippen LogP contribution in [0.4, 0.5) is 10.1 Å². The number of benzene rings is 2. The fourth-order valence-corrected chi connectivity index (χ4v) is 2.24. The van der Waals surface area contributed by atoms with E-state index < -0.39 is 23.8 Å². The molecule has 0 aliphatic carbocycles. The highest BCUT2D eigenvalue weighted by atomic mass is 19.1. The van der Waals surface area contributed by atoms with Crippen LogP contribution in [0.15, 0.2) is 36.4 Å². The molecule has 4 nitrogen and oxygen atoms in total. The Morgan fingerprint density at radius 3 is 2.25 bits per heavy atom. The number of carbonyl (C=O) groups excluding carboxylic acids is 2. The van der Waals surface area contributed by atoms with Crippen LogP contribution in [0.25, 0.3) is 0 Å². The number of para-hydroxylation sites is 1. The zero-order valence-corrected chi connectivity index (χ0v) is 14.1. The lowest BCUT2D eigenvalue weighted by Gasteiger charge is -2.16. The minimum absolute atomic E-state index is 0.0739. The molecule has 0 bridgehead atoms. The monoisotopic (exact) mass is 329 g/mol. The van der Waals surface area contributed by atoms with Crippen LogP contribution in [-0.4, -0.2) is 18.0 Å². The Bertz CT molecular complexity index is 766. The molecule has 0 radical (unpaired) electrons. The van der Waals surface area contributed by atoms with Crippen LogP contribution < -0.4 is 5.32 Å². The van der Waals surface area contributed by atoms with Crippen LogP contribution in [0.2, 0.25) is 0 Å². The molecule has 1 amide bonds. The fraction of sp³-hybridized carbons (Fsp3) is 0.263. The molecule has 24 heavy (non-hydrogen) atoms. The highest BCUT2D eigenvalue weighted by Crippen LogP contribution is 2.20. The number of anilines is 1. The van der Waals surface area contributed by atoms with Crippen LogP contribution in [0.3, 0.4) is 0 Å². The molecule has 0 saturated heterocycles. The van der Waals surface area contributed by atoms with Crippen LogP contribution in [-0.2, 0) is 9.53 Å². The standard InChI is InChI=1S/C19H20FNO3/c1-11-8-9-15(10-16(11)20)19(23)24-14(4)18(22)21-17-12(2)6-5-7-13(17)3/h5-10,14H,1-4H3,(H,21,22)/t14-/m0/s1. The van der Waals surface area contributed by atoms with Gasteiger partial charge in [0, 0.05) is 5.69 Å². The summed E-state index contributed by atoms with van der Waals surface area (Å²) in [4.78, 5) is 24.3. The van der Waals surface area contributed by atoms with E-state index in [9.17, 15) is 14.0 Å². The van der Waals surface area contributed by atoms with Gasteiger partial charge in [0.2, 0.25) is 0 Å². The quantitative estimate of drug-likeness (QED) is 0.865. The number of carbonyl (C=O) groups is 2. The second-order valence-corrected chi connectivity index (χ2v) is 5.77. The first-order valence-electron chi connectivity index (χ1n) is 7.64. The van der Waals surface area contributed by atoms with Gasteiger partial charge in [-0.2, -0.15) is 0 Å². The normalized spacial score (nSPS) is 11.7.